The Kier molecular flexibility index (Phi) is 4.84. The Bertz CT molecular complexity index is 513. The van der Waals surface area contributed by atoms with Crippen LogP contribution in [-0.4, -0.2) is 16.3 Å². The number of hydrogen-bond acceptors (Lipinski definition) is 3. The molecule has 1 N–H and O–H groups in total. The van der Waals surface area contributed by atoms with E-state index in [1.54, 1.807) is 12.3 Å². The Morgan fingerprint density at radius 1 is 1.56 bits per heavy atom. The van der Waals surface area contributed by atoms with E-state index in [-0.39, 0.29) is 5.75 Å². The number of rotatable bonds is 4. The number of allylic oxidation sites excluding steroid dienone is 2. The lowest BCUT2D eigenvalue weighted by atomic mass is 10.1. The molecule has 0 saturated carbocycles. The van der Waals surface area contributed by atoms with Crippen LogP contribution in [0, 0.1) is 6.92 Å². The largest absolute Gasteiger partial charge is 0.506 e. The van der Waals surface area contributed by atoms with Crippen molar-refractivity contribution in [3.8, 4) is 5.75 Å². The van der Waals surface area contributed by atoms with Crippen molar-refractivity contribution in [3.05, 3.63) is 35.7 Å². The molecule has 1 heterocycles. The summed E-state index contributed by atoms with van der Waals surface area (Å²) < 4.78 is 0. The number of pyridine rings is 1. The molecule has 0 bridgehead atoms. The first kappa shape index (κ1) is 14.2. The third-order valence-electron chi connectivity index (χ3n) is 2.56. The van der Waals surface area contributed by atoms with Gasteiger partial charge >= 0.3 is 0 Å². The van der Waals surface area contributed by atoms with Crippen LogP contribution in [0.3, 0.4) is 0 Å². The Morgan fingerprint density at radius 3 is 2.72 bits per heavy atom. The summed E-state index contributed by atoms with van der Waals surface area (Å²) in [6.07, 6.45) is 4.49. The Morgan fingerprint density at radius 2 is 2.22 bits per heavy atom. The molecule has 0 unspecified atom stereocenters. The summed E-state index contributed by atoms with van der Waals surface area (Å²) in [5.74, 6) is 0.143. The first-order valence-electron chi connectivity index (χ1n) is 6.06. The third kappa shape index (κ3) is 3.06. The summed E-state index contributed by atoms with van der Waals surface area (Å²) in [6, 6.07) is 1.70. The molecule has 0 amide bonds. The molecule has 0 saturated heterocycles. The molecule has 0 atom stereocenters. The number of aromatic nitrogens is 1. The predicted molar refractivity (Wildman–Crippen MR) is 77.8 cm³/mol. The minimum absolute atomic E-state index is 0.143. The van der Waals surface area contributed by atoms with Crippen molar-refractivity contribution in [3.63, 3.8) is 0 Å². The standard InChI is InChI=1S/C15H20N2O/c1-6-8-13(16-7-2)15-14(18)9-12(10(3)4)11(5)17-15/h7-9,18H,3,6H2,1-2,4-5H3/b13-8-,16-7?. The zero-order valence-corrected chi connectivity index (χ0v) is 11.5. The first-order chi connectivity index (χ1) is 8.51. The quantitative estimate of drug-likeness (QED) is 0.814. The fourth-order valence-electron chi connectivity index (χ4n) is 1.76. The fourth-order valence-corrected chi connectivity index (χ4v) is 1.76. The molecule has 3 heteroatoms. The van der Waals surface area contributed by atoms with Crippen LogP contribution in [0.4, 0.5) is 0 Å². The van der Waals surface area contributed by atoms with E-state index in [9.17, 15) is 5.11 Å². The van der Waals surface area contributed by atoms with Crippen LogP contribution in [0.15, 0.2) is 23.7 Å². The van der Waals surface area contributed by atoms with Gasteiger partial charge in [0.15, 0.2) is 0 Å². The van der Waals surface area contributed by atoms with Crippen LogP contribution in [0.25, 0.3) is 11.3 Å². The van der Waals surface area contributed by atoms with Crippen molar-refractivity contribution in [1.82, 2.24) is 4.98 Å². The van der Waals surface area contributed by atoms with Gasteiger partial charge in [-0.25, -0.2) is 4.98 Å². The van der Waals surface area contributed by atoms with E-state index < -0.39 is 0 Å². The highest BCUT2D eigenvalue weighted by Gasteiger charge is 2.12. The van der Waals surface area contributed by atoms with Gasteiger partial charge in [-0.15, -0.1) is 0 Å². The van der Waals surface area contributed by atoms with E-state index in [1.165, 1.54) is 0 Å². The van der Waals surface area contributed by atoms with Gasteiger partial charge in [-0.2, -0.15) is 0 Å². The molecule has 0 aromatic carbocycles. The van der Waals surface area contributed by atoms with E-state index in [4.69, 9.17) is 0 Å². The highest BCUT2D eigenvalue weighted by atomic mass is 16.3. The number of nitrogens with zero attached hydrogens (tertiary/aromatic N) is 2. The summed E-state index contributed by atoms with van der Waals surface area (Å²) in [5.41, 5.74) is 3.85. The maximum Gasteiger partial charge on any atom is 0.144 e. The highest BCUT2D eigenvalue weighted by molar-refractivity contribution is 5.75. The molecule has 96 valence electrons. The maximum absolute atomic E-state index is 10.1. The second kappa shape index (κ2) is 6.15. The SMILES string of the molecule is C=C(C)c1cc(O)c(/C(=C/CC)N=CC)nc1C. The van der Waals surface area contributed by atoms with Crippen molar-refractivity contribution >= 4 is 17.5 Å². The van der Waals surface area contributed by atoms with Crippen LogP contribution in [0.1, 0.15) is 44.1 Å². The van der Waals surface area contributed by atoms with E-state index in [0.717, 1.165) is 23.3 Å². The van der Waals surface area contributed by atoms with Gasteiger partial charge in [-0.1, -0.05) is 19.6 Å². The van der Waals surface area contributed by atoms with E-state index in [0.29, 0.717) is 11.4 Å². The minimum Gasteiger partial charge on any atom is -0.506 e. The first-order valence-corrected chi connectivity index (χ1v) is 6.06. The lowest BCUT2D eigenvalue weighted by Crippen LogP contribution is -1.96. The normalized spacial score (nSPS) is 12.1. The van der Waals surface area contributed by atoms with Crippen LogP contribution >= 0.6 is 0 Å². The Balaban J connectivity index is 3.38. The van der Waals surface area contributed by atoms with Crippen LogP contribution < -0.4 is 0 Å². The van der Waals surface area contributed by atoms with E-state index >= 15 is 0 Å². The topological polar surface area (TPSA) is 45.5 Å². The van der Waals surface area contributed by atoms with Crippen molar-refractivity contribution in [1.29, 1.82) is 0 Å². The molecular weight excluding hydrogens is 224 g/mol. The molecule has 0 fully saturated rings. The highest BCUT2D eigenvalue weighted by Crippen LogP contribution is 2.29. The number of aryl methyl sites for hydroxylation is 1. The molecule has 0 aliphatic carbocycles. The second-order valence-corrected chi connectivity index (χ2v) is 4.15. The van der Waals surface area contributed by atoms with Crippen molar-refractivity contribution < 1.29 is 5.11 Å². The zero-order valence-electron chi connectivity index (χ0n) is 11.5. The molecule has 1 aromatic rings. The van der Waals surface area contributed by atoms with Gasteiger partial charge in [-0.3, -0.25) is 4.99 Å². The lowest BCUT2D eigenvalue weighted by molar-refractivity contribution is 0.470. The molecule has 0 aliphatic heterocycles. The molecule has 0 aliphatic rings. The number of hydrogen-bond donors (Lipinski definition) is 1. The van der Waals surface area contributed by atoms with E-state index in [2.05, 4.69) is 16.6 Å². The minimum atomic E-state index is 0.143. The Labute approximate surface area is 109 Å². The molecule has 1 rings (SSSR count). The van der Waals surface area contributed by atoms with Crippen LogP contribution in [0.2, 0.25) is 0 Å². The van der Waals surface area contributed by atoms with Gasteiger partial charge in [-0.05, 0) is 38.8 Å². The Hall–Kier alpha value is -1.90. The zero-order chi connectivity index (χ0) is 13.7. The van der Waals surface area contributed by atoms with Crippen molar-refractivity contribution in [2.24, 2.45) is 4.99 Å². The average molecular weight is 244 g/mol. The molecule has 18 heavy (non-hydrogen) atoms. The van der Waals surface area contributed by atoms with Gasteiger partial charge in [0.1, 0.15) is 11.4 Å². The molecule has 0 radical (unpaired) electrons. The molecule has 1 aromatic heterocycles. The third-order valence-corrected chi connectivity index (χ3v) is 2.56. The van der Waals surface area contributed by atoms with Crippen molar-refractivity contribution in [2.45, 2.75) is 34.1 Å². The summed E-state index contributed by atoms with van der Waals surface area (Å²) in [7, 11) is 0. The van der Waals surface area contributed by atoms with Crippen molar-refractivity contribution in [2.75, 3.05) is 0 Å². The van der Waals surface area contributed by atoms with Crippen LogP contribution in [0.5, 0.6) is 5.75 Å². The summed E-state index contributed by atoms with van der Waals surface area (Å²) in [5, 5.41) is 10.1. The molecule has 0 spiro atoms. The summed E-state index contributed by atoms with van der Waals surface area (Å²) in [6.45, 7) is 11.6. The van der Waals surface area contributed by atoms with Gasteiger partial charge in [0.25, 0.3) is 0 Å². The maximum atomic E-state index is 10.1. The van der Waals surface area contributed by atoms with Gasteiger partial charge in [0, 0.05) is 17.5 Å². The van der Waals surface area contributed by atoms with Gasteiger partial charge < -0.3 is 5.11 Å². The monoisotopic (exact) mass is 244 g/mol. The van der Waals surface area contributed by atoms with Gasteiger partial charge in [0.2, 0.25) is 0 Å². The van der Waals surface area contributed by atoms with Crippen LogP contribution in [-0.2, 0) is 0 Å². The number of aliphatic imine (C=N–C) groups is 1. The van der Waals surface area contributed by atoms with Gasteiger partial charge in [0.05, 0.1) is 5.70 Å². The lowest BCUT2D eigenvalue weighted by Gasteiger charge is -2.10. The summed E-state index contributed by atoms with van der Waals surface area (Å²) >= 11 is 0. The summed E-state index contributed by atoms with van der Waals surface area (Å²) in [4.78, 5) is 8.69. The second-order valence-electron chi connectivity index (χ2n) is 4.15. The molecular formula is C15H20N2O. The smallest absolute Gasteiger partial charge is 0.144 e. The molecule has 3 nitrogen and oxygen atoms in total. The fraction of sp³-hybridized carbons (Fsp3) is 0.333. The average Bonchev–Trinajstić information content (AvgIpc) is 2.31. The van der Waals surface area contributed by atoms with E-state index in [1.807, 2.05) is 33.8 Å². The number of aromatic hydroxyl groups is 1. The predicted octanol–water partition coefficient (Wildman–Crippen LogP) is 3.97.